The van der Waals surface area contributed by atoms with E-state index in [-0.39, 0.29) is 17.3 Å². The van der Waals surface area contributed by atoms with Crippen LogP contribution in [0.15, 0.2) is 34.5 Å². The van der Waals surface area contributed by atoms with Crippen molar-refractivity contribution in [2.75, 3.05) is 18.0 Å². The fourth-order valence-corrected chi connectivity index (χ4v) is 4.53. The van der Waals surface area contributed by atoms with Gasteiger partial charge >= 0.3 is 0 Å². The monoisotopic (exact) mass is 394 g/mol. The first-order chi connectivity index (χ1) is 11.2. The number of thiophene rings is 1. The Labute approximate surface area is 146 Å². The van der Waals surface area contributed by atoms with Gasteiger partial charge in [-0.1, -0.05) is 17.7 Å². The summed E-state index contributed by atoms with van der Waals surface area (Å²) in [7, 11) is -3.80. The summed E-state index contributed by atoms with van der Waals surface area (Å²) in [5.41, 5.74) is -0.511. The van der Waals surface area contributed by atoms with E-state index in [0.717, 1.165) is 35.3 Å². The first-order valence-electron chi connectivity index (χ1n) is 6.69. The lowest BCUT2D eigenvalue weighted by atomic mass is 10.2. The van der Waals surface area contributed by atoms with E-state index in [1.807, 2.05) is 0 Å². The number of amides is 1. The minimum absolute atomic E-state index is 0.0129. The average molecular weight is 395 g/mol. The van der Waals surface area contributed by atoms with Gasteiger partial charge in [-0.2, -0.15) is 0 Å². The smallest absolute Gasteiger partial charge is 0.250 e. The molecule has 1 amide bonds. The summed E-state index contributed by atoms with van der Waals surface area (Å²) in [6, 6.07) is 6.00. The van der Waals surface area contributed by atoms with Crippen molar-refractivity contribution in [2.45, 2.75) is 11.1 Å². The maximum atomic E-state index is 13.8. The van der Waals surface area contributed by atoms with Crippen molar-refractivity contribution in [3.8, 4) is 0 Å². The highest BCUT2D eigenvalue weighted by Gasteiger charge is 2.21. The molecule has 1 heterocycles. The van der Waals surface area contributed by atoms with Gasteiger partial charge in [0.2, 0.25) is 15.9 Å². The van der Waals surface area contributed by atoms with Crippen LogP contribution in [0.3, 0.4) is 0 Å². The second kappa shape index (κ2) is 7.56. The van der Waals surface area contributed by atoms with Crippen molar-refractivity contribution in [2.24, 2.45) is 0 Å². The number of benzene rings is 1. The van der Waals surface area contributed by atoms with Gasteiger partial charge in [-0.05, 0) is 24.3 Å². The highest BCUT2D eigenvalue weighted by atomic mass is 35.5. The molecule has 0 aliphatic heterocycles. The molecule has 0 atom stereocenters. The Bertz CT molecular complexity index is 835. The Hall–Kier alpha value is -1.55. The van der Waals surface area contributed by atoms with Crippen molar-refractivity contribution >= 4 is 44.6 Å². The van der Waals surface area contributed by atoms with Crippen LogP contribution in [0, 0.1) is 11.6 Å². The topological polar surface area (TPSA) is 66.5 Å². The van der Waals surface area contributed by atoms with Crippen LogP contribution < -0.4 is 9.62 Å². The lowest BCUT2D eigenvalue weighted by Gasteiger charge is -2.22. The maximum Gasteiger partial charge on any atom is 0.250 e. The highest BCUT2D eigenvalue weighted by molar-refractivity contribution is 7.91. The molecule has 0 fully saturated rings. The summed E-state index contributed by atoms with van der Waals surface area (Å²) >= 11 is 6.57. The number of nitrogens with zero attached hydrogens (tertiary/aromatic N) is 1. The molecule has 0 aliphatic rings. The molecule has 10 heteroatoms. The van der Waals surface area contributed by atoms with E-state index in [0.29, 0.717) is 4.34 Å². The van der Waals surface area contributed by atoms with Crippen LogP contribution in [0.1, 0.15) is 6.92 Å². The van der Waals surface area contributed by atoms with E-state index in [1.54, 1.807) is 0 Å². The summed E-state index contributed by atoms with van der Waals surface area (Å²) in [6.07, 6.45) is 0. The van der Waals surface area contributed by atoms with Gasteiger partial charge in [0.05, 0.1) is 4.34 Å². The van der Waals surface area contributed by atoms with Crippen LogP contribution in [0.4, 0.5) is 14.5 Å². The van der Waals surface area contributed by atoms with Gasteiger partial charge < -0.3 is 4.90 Å². The number of halogens is 3. The molecule has 1 N–H and O–H groups in total. The van der Waals surface area contributed by atoms with Crippen molar-refractivity contribution in [3.05, 3.63) is 46.3 Å². The van der Waals surface area contributed by atoms with Gasteiger partial charge in [0, 0.05) is 20.0 Å². The van der Waals surface area contributed by atoms with Crippen LogP contribution in [-0.4, -0.2) is 27.4 Å². The third-order valence-corrected chi connectivity index (χ3v) is 6.21. The van der Waals surface area contributed by atoms with E-state index in [1.165, 1.54) is 18.2 Å². The largest absolute Gasteiger partial charge is 0.306 e. The predicted molar refractivity (Wildman–Crippen MR) is 88.9 cm³/mol. The Kier molecular flexibility index (Phi) is 5.92. The van der Waals surface area contributed by atoms with Gasteiger partial charge in [-0.15, -0.1) is 11.3 Å². The zero-order valence-electron chi connectivity index (χ0n) is 12.4. The second-order valence-electron chi connectivity index (χ2n) is 4.70. The molecule has 130 valence electrons. The molecular weight excluding hydrogens is 382 g/mol. The Morgan fingerprint density at radius 2 is 1.88 bits per heavy atom. The number of anilines is 1. The van der Waals surface area contributed by atoms with E-state index >= 15 is 0 Å². The number of hydrogen-bond donors (Lipinski definition) is 1. The minimum atomic E-state index is -3.80. The van der Waals surface area contributed by atoms with Crippen LogP contribution in [0.25, 0.3) is 0 Å². The first kappa shape index (κ1) is 18.8. The van der Waals surface area contributed by atoms with Crippen LogP contribution >= 0.6 is 22.9 Å². The van der Waals surface area contributed by atoms with E-state index in [9.17, 15) is 22.0 Å². The SMILES string of the molecule is CC(=O)N(CCNS(=O)(=O)c1ccc(Cl)s1)c1c(F)cccc1F. The molecule has 0 saturated carbocycles. The Morgan fingerprint density at radius 3 is 2.38 bits per heavy atom. The highest BCUT2D eigenvalue weighted by Crippen LogP contribution is 2.26. The third-order valence-electron chi connectivity index (χ3n) is 3.03. The molecule has 0 aliphatic carbocycles. The molecule has 1 aromatic heterocycles. The van der Waals surface area contributed by atoms with Crippen molar-refractivity contribution in [3.63, 3.8) is 0 Å². The number of rotatable bonds is 6. The Morgan fingerprint density at radius 1 is 1.25 bits per heavy atom. The summed E-state index contributed by atoms with van der Waals surface area (Å²) in [4.78, 5) is 12.5. The van der Waals surface area contributed by atoms with Gasteiger partial charge in [-0.3, -0.25) is 4.79 Å². The minimum Gasteiger partial charge on any atom is -0.306 e. The predicted octanol–water partition coefficient (Wildman–Crippen LogP) is 3.01. The van der Waals surface area contributed by atoms with Gasteiger partial charge in [0.25, 0.3) is 0 Å². The number of para-hydroxylation sites is 1. The number of nitrogens with one attached hydrogen (secondary N) is 1. The van der Waals surface area contributed by atoms with Crippen LogP contribution in [-0.2, 0) is 14.8 Å². The molecule has 0 saturated heterocycles. The van der Waals surface area contributed by atoms with Gasteiger partial charge in [0.1, 0.15) is 21.5 Å². The zero-order chi connectivity index (χ0) is 17.9. The van der Waals surface area contributed by atoms with Crippen molar-refractivity contribution in [1.29, 1.82) is 0 Å². The molecule has 0 bridgehead atoms. The molecular formula is C14H13ClF2N2O3S2. The van der Waals surface area contributed by atoms with Gasteiger partial charge in [0.15, 0.2) is 0 Å². The molecule has 0 radical (unpaired) electrons. The number of carbonyl (C=O) groups is 1. The third kappa shape index (κ3) is 4.29. The second-order valence-corrected chi connectivity index (χ2v) is 8.41. The molecule has 0 unspecified atom stereocenters. The summed E-state index contributed by atoms with van der Waals surface area (Å²) < 4.78 is 54.3. The van der Waals surface area contributed by atoms with E-state index < -0.39 is 33.3 Å². The molecule has 2 aromatic rings. The summed E-state index contributed by atoms with van der Waals surface area (Å²) in [5.74, 6) is -2.42. The molecule has 24 heavy (non-hydrogen) atoms. The molecule has 0 spiro atoms. The van der Waals surface area contributed by atoms with Crippen molar-refractivity contribution < 1.29 is 22.0 Å². The maximum absolute atomic E-state index is 13.8. The van der Waals surface area contributed by atoms with E-state index in [4.69, 9.17) is 11.6 Å². The number of hydrogen-bond acceptors (Lipinski definition) is 4. The van der Waals surface area contributed by atoms with Crippen molar-refractivity contribution in [1.82, 2.24) is 4.72 Å². The van der Waals surface area contributed by atoms with Gasteiger partial charge in [-0.25, -0.2) is 21.9 Å². The number of carbonyl (C=O) groups excluding carboxylic acids is 1. The fraction of sp³-hybridized carbons (Fsp3) is 0.214. The zero-order valence-corrected chi connectivity index (χ0v) is 14.8. The quantitative estimate of drug-likeness (QED) is 0.819. The van der Waals surface area contributed by atoms with Crippen LogP contribution in [0.5, 0.6) is 0 Å². The standard InChI is InChI=1S/C14H13ClF2N2O3S2/c1-9(20)19(14-10(16)3-2-4-11(14)17)8-7-18-24(21,22)13-6-5-12(15)23-13/h2-6,18H,7-8H2,1H3. The lowest BCUT2D eigenvalue weighted by Crippen LogP contribution is -2.38. The first-order valence-corrected chi connectivity index (χ1v) is 9.37. The Balaban J connectivity index is 2.12. The normalized spacial score (nSPS) is 11.5. The summed E-state index contributed by atoms with van der Waals surface area (Å²) in [6.45, 7) is 0.691. The van der Waals surface area contributed by atoms with Crippen LogP contribution in [0.2, 0.25) is 4.34 Å². The molecule has 1 aromatic carbocycles. The number of sulfonamides is 1. The summed E-state index contributed by atoms with van der Waals surface area (Å²) in [5, 5.41) is 0. The lowest BCUT2D eigenvalue weighted by molar-refractivity contribution is -0.116. The van der Waals surface area contributed by atoms with E-state index in [2.05, 4.69) is 4.72 Å². The molecule has 2 rings (SSSR count). The molecule has 5 nitrogen and oxygen atoms in total. The average Bonchev–Trinajstić information content (AvgIpc) is 2.92. The fourth-order valence-electron chi connectivity index (χ4n) is 1.98.